The average Bonchev–Trinajstić information content (AvgIpc) is 3.02. The van der Waals surface area contributed by atoms with E-state index in [1.54, 1.807) is 0 Å². The molecule has 2 N–H and O–H groups in total. The van der Waals surface area contributed by atoms with E-state index in [0.29, 0.717) is 5.57 Å². The molecule has 2 aliphatic rings. The molecule has 3 nitrogen and oxygen atoms in total. The fourth-order valence-corrected chi connectivity index (χ4v) is 4.53. The largest absolute Gasteiger partial charge is 0.440 e. The normalized spacial score (nSPS) is 20.5. The maximum atomic E-state index is 9.69. The van der Waals surface area contributed by atoms with Gasteiger partial charge in [0.2, 0.25) is 5.88 Å². The van der Waals surface area contributed by atoms with Crippen LogP contribution in [0.2, 0.25) is 0 Å². The predicted molar refractivity (Wildman–Crippen MR) is 113 cm³/mol. The summed E-state index contributed by atoms with van der Waals surface area (Å²) in [4.78, 5) is 0. The molecule has 0 fully saturated rings. The molecule has 0 amide bonds. The lowest BCUT2D eigenvalue weighted by Gasteiger charge is -2.26. The van der Waals surface area contributed by atoms with Crippen molar-refractivity contribution in [3.63, 3.8) is 0 Å². The first kappa shape index (κ1) is 18.1. The number of halogens is 2. The van der Waals surface area contributed by atoms with Gasteiger partial charge in [0.1, 0.15) is 17.4 Å². The predicted octanol–water partition coefficient (Wildman–Crippen LogP) is 6.15. The van der Waals surface area contributed by atoms with E-state index in [0.717, 1.165) is 49.8 Å². The Kier molecular flexibility index (Phi) is 4.94. The molecule has 0 saturated heterocycles. The molecule has 4 rings (SSSR count). The highest BCUT2D eigenvalue weighted by molar-refractivity contribution is 9.10. The number of nitriles is 1. The van der Waals surface area contributed by atoms with Crippen molar-refractivity contribution in [3.8, 4) is 6.07 Å². The summed E-state index contributed by atoms with van der Waals surface area (Å²) < 4.78 is 7.95. The van der Waals surface area contributed by atoms with Crippen LogP contribution >= 0.6 is 31.9 Å². The van der Waals surface area contributed by atoms with Crippen molar-refractivity contribution < 1.29 is 4.74 Å². The number of rotatable bonds is 2. The van der Waals surface area contributed by atoms with Gasteiger partial charge in [-0.1, -0.05) is 56.1 Å². The van der Waals surface area contributed by atoms with Crippen molar-refractivity contribution in [1.82, 2.24) is 0 Å². The molecule has 1 heterocycles. The first-order valence-corrected chi connectivity index (χ1v) is 10.2. The molecule has 2 aromatic rings. The number of hydrogen-bond acceptors (Lipinski definition) is 3. The van der Waals surface area contributed by atoms with Crippen LogP contribution in [0.3, 0.4) is 0 Å². The summed E-state index contributed by atoms with van der Waals surface area (Å²) in [7, 11) is 0. The second-order valence-electron chi connectivity index (χ2n) is 6.56. The fraction of sp³-hybridized carbons (Fsp3) is 0.136. The molecule has 0 unspecified atom stereocenters. The van der Waals surface area contributed by atoms with Gasteiger partial charge in [-0.2, -0.15) is 5.26 Å². The third-order valence-corrected chi connectivity index (χ3v) is 5.84. The summed E-state index contributed by atoms with van der Waals surface area (Å²) >= 11 is 7.04. The molecule has 0 saturated carbocycles. The third kappa shape index (κ3) is 3.47. The monoisotopic (exact) mass is 482 g/mol. The summed E-state index contributed by atoms with van der Waals surface area (Å²) in [6.07, 6.45) is 3.86. The fourth-order valence-electron chi connectivity index (χ4n) is 3.70. The molecule has 1 aliphatic heterocycles. The Morgan fingerprint density at radius 1 is 1.07 bits per heavy atom. The highest BCUT2D eigenvalue weighted by Gasteiger charge is 2.37. The number of benzene rings is 2. The van der Waals surface area contributed by atoms with E-state index in [9.17, 15) is 5.26 Å². The zero-order chi connectivity index (χ0) is 19.0. The number of nitrogens with zero attached hydrogens (tertiary/aromatic N) is 1. The van der Waals surface area contributed by atoms with Crippen LogP contribution in [0.25, 0.3) is 6.08 Å². The van der Waals surface area contributed by atoms with Gasteiger partial charge < -0.3 is 10.5 Å². The van der Waals surface area contributed by atoms with Gasteiger partial charge in [0.05, 0.1) is 0 Å². The Bertz CT molecular complexity index is 1060. The van der Waals surface area contributed by atoms with Gasteiger partial charge in [-0.05, 0) is 65.5 Å². The van der Waals surface area contributed by atoms with E-state index in [4.69, 9.17) is 10.5 Å². The first-order chi connectivity index (χ1) is 13.1. The number of hydrogen-bond donors (Lipinski definition) is 1. The molecule has 0 aromatic heterocycles. The van der Waals surface area contributed by atoms with E-state index >= 15 is 0 Å². The minimum absolute atomic E-state index is 0.162. The van der Waals surface area contributed by atoms with Crippen LogP contribution in [0, 0.1) is 11.3 Å². The van der Waals surface area contributed by atoms with E-state index in [1.807, 2.05) is 36.4 Å². The Balaban J connectivity index is 1.81. The van der Waals surface area contributed by atoms with Crippen LogP contribution < -0.4 is 5.73 Å². The summed E-state index contributed by atoms with van der Waals surface area (Å²) in [6, 6.07) is 18.4. The van der Waals surface area contributed by atoms with Crippen molar-refractivity contribution in [2.24, 2.45) is 5.73 Å². The molecule has 1 aliphatic carbocycles. The summed E-state index contributed by atoms with van der Waals surface area (Å²) in [5.74, 6) is 0.851. The molecule has 5 heteroatoms. The standard InChI is InChI=1S/C22H16Br2N2O/c23-16-5-1-3-13(10-16)9-15-7-8-18-20(14-4-2-6-17(24)11-14)19(12-25)22(26)27-21(15)18/h1-6,9-11,20H,7-8,26H2/b15-9-/t20-/m0/s1. The minimum Gasteiger partial charge on any atom is -0.440 e. The van der Waals surface area contributed by atoms with Crippen LogP contribution in [0.1, 0.15) is 29.9 Å². The maximum absolute atomic E-state index is 9.69. The summed E-state index contributed by atoms with van der Waals surface area (Å²) in [6.45, 7) is 0. The van der Waals surface area contributed by atoms with E-state index in [-0.39, 0.29) is 11.8 Å². The first-order valence-electron chi connectivity index (χ1n) is 8.59. The van der Waals surface area contributed by atoms with Crippen LogP contribution in [0.4, 0.5) is 0 Å². The zero-order valence-electron chi connectivity index (χ0n) is 14.4. The number of ether oxygens (including phenoxy) is 1. The molecular formula is C22H16Br2N2O. The lowest BCUT2D eigenvalue weighted by Crippen LogP contribution is -2.19. The quantitative estimate of drug-likeness (QED) is 0.557. The van der Waals surface area contributed by atoms with Crippen LogP contribution in [-0.2, 0) is 4.74 Å². The van der Waals surface area contributed by atoms with Gasteiger partial charge in [0.15, 0.2) is 0 Å². The van der Waals surface area contributed by atoms with Gasteiger partial charge >= 0.3 is 0 Å². The average molecular weight is 484 g/mol. The van der Waals surface area contributed by atoms with Crippen molar-refractivity contribution >= 4 is 37.9 Å². The second kappa shape index (κ2) is 7.38. The van der Waals surface area contributed by atoms with Crippen molar-refractivity contribution in [2.45, 2.75) is 18.8 Å². The lowest BCUT2D eigenvalue weighted by molar-refractivity contribution is 0.292. The minimum atomic E-state index is -0.162. The SMILES string of the molecule is N#CC1=C(N)OC2=C(CC/C2=C/c2cccc(Br)c2)[C@@H]1c1cccc(Br)c1. The van der Waals surface area contributed by atoms with Gasteiger partial charge in [-0.25, -0.2) is 0 Å². The van der Waals surface area contributed by atoms with Crippen molar-refractivity contribution in [2.75, 3.05) is 0 Å². The van der Waals surface area contributed by atoms with Crippen LogP contribution in [0.15, 0.2) is 85.8 Å². The topological polar surface area (TPSA) is 59.0 Å². The van der Waals surface area contributed by atoms with Crippen LogP contribution in [0.5, 0.6) is 0 Å². The molecule has 27 heavy (non-hydrogen) atoms. The smallest absolute Gasteiger partial charge is 0.205 e. The Morgan fingerprint density at radius 2 is 1.81 bits per heavy atom. The van der Waals surface area contributed by atoms with Crippen molar-refractivity contribution in [1.29, 1.82) is 5.26 Å². The molecule has 1 atom stereocenters. The molecule has 0 spiro atoms. The van der Waals surface area contributed by atoms with E-state index < -0.39 is 0 Å². The summed E-state index contributed by atoms with van der Waals surface area (Å²) in [5.41, 5.74) is 11.0. The van der Waals surface area contributed by atoms with Gasteiger partial charge in [-0.15, -0.1) is 0 Å². The Labute approximate surface area is 175 Å². The molecule has 134 valence electrons. The van der Waals surface area contributed by atoms with Crippen molar-refractivity contribution in [3.05, 3.63) is 97.0 Å². The second-order valence-corrected chi connectivity index (χ2v) is 8.39. The maximum Gasteiger partial charge on any atom is 0.205 e. The highest BCUT2D eigenvalue weighted by Crippen LogP contribution is 2.48. The molecule has 0 bridgehead atoms. The zero-order valence-corrected chi connectivity index (χ0v) is 17.5. The van der Waals surface area contributed by atoms with Gasteiger partial charge in [0.25, 0.3) is 0 Å². The van der Waals surface area contributed by atoms with E-state index in [1.165, 1.54) is 0 Å². The number of nitrogens with two attached hydrogens (primary N) is 1. The molecule has 0 radical (unpaired) electrons. The van der Waals surface area contributed by atoms with Gasteiger partial charge in [0, 0.05) is 14.9 Å². The number of allylic oxidation sites excluding steroid dienone is 3. The third-order valence-electron chi connectivity index (χ3n) is 4.85. The van der Waals surface area contributed by atoms with Gasteiger partial charge in [-0.3, -0.25) is 0 Å². The lowest BCUT2D eigenvalue weighted by atomic mass is 9.83. The Hall–Kier alpha value is -2.29. The molecule has 2 aromatic carbocycles. The highest BCUT2D eigenvalue weighted by atomic mass is 79.9. The summed E-state index contributed by atoms with van der Waals surface area (Å²) in [5, 5.41) is 9.69. The van der Waals surface area contributed by atoms with Crippen LogP contribution in [-0.4, -0.2) is 0 Å². The van der Waals surface area contributed by atoms with E-state index in [2.05, 4.69) is 56.1 Å². The molecular weight excluding hydrogens is 468 g/mol. The Morgan fingerprint density at radius 3 is 2.52 bits per heavy atom.